The molecule has 0 fully saturated rings. The zero-order valence-electron chi connectivity index (χ0n) is 12.0. The van der Waals surface area contributed by atoms with Crippen LogP contribution in [0.5, 0.6) is 0 Å². The van der Waals surface area contributed by atoms with Crippen molar-refractivity contribution in [1.29, 1.82) is 0 Å². The minimum absolute atomic E-state index is 0. The van der Waals surface area contributed by atoms with Gasteiger partial charge in [-0.3, -0.25) is 4.79 Å². The Balaban J connectivity index is 0.00000220. The lowest BCUT2D eigenvalue weighted by atomic mass is 9.95. The summed E-state index contributed by atoms with van der Waals surface area (Å²) in [7, 11) is 0. The average molecular weight is 325 g/mol. The molecule has 0 aliphatic heterocycles. The van der Waals surface area contributed by atoms with Crippen molar-refractivity contribution in [1.82, 2.24) is 5.32 Å². The van der Waals surface area contributed by atoms with E-state index in [-0.39, 0.29) is 30.3 Å². The highest BCUT2D eigenvalue weighted by Crippen LogP contribution is 2.19. The molecule has 1 heterocycles. The number of hydrogen-bond donors (Lipinski definition) is 2. The lowest BCUT2D eigenvalue weighted by Crippen LogP contribution is -2.36. The van der Waals surface area contributed by atoms with Crippen LogP contribution < -0.4 is 11.1 Å². The minimum Gasteiger partial charge on any atom is -0.355 e. The van der Waals surface area contributed by atoms with Crippen molar-refractivity contribution in [3.8, 4) is 0 Å². The van der Waals surface area contributed by atoms with Gasteiger partial charge in [0.15, 0.2) is 0 Å². The van der Waals surface area contributed by atoms with Crippen LogP contribution in [-0.4, -0.2) is 12.5 Å². The van der Waals surface area contributed by atoms with Gasteiger partial charge in [0.1, 0.15) is 0 Å². The van der Waals surface area contributed by atoms with Crippen LogP contribution >= 0.6 is 23.7 Å². The maximum absolute atomic E-state index is 12.1. The number of thiophene rings is 1. The van der Waals surface area contributed by atoms with Gasteiger partial charge in [-0.25, -0.2) is 0 Å². The summed E-state index contributed by atoms with van der Waals surface area (Å²) >= 11 is 1.71. The third-order valence-corrected chi connectivity index (χ3v) is 4.32. The summed E-state index contributed by atoms with van der Waals surface area (Å²) in [6.07, 6.45) is 0.872. The molecule has 5 heteroatoms. The van der Waals surface area contributed by atoms with E-state index in [1.807, 2.05) is 48.7 Å². The molecule has 0 saturated carbocycles. The molecule has 114 valence electrons. The van der Waals surface area contributed by atoms with E-state index in [2.05, 4.69) is 11.4 Å². The Bertz CT molecular complexity index is 530. The van der Waals surface area contributed by atoms with Gasteiger partial charge in [0.2, 0.25) is 5.91 Å². The highest BCUT2D eigenvalue weighted by Gasteiger charge is 2.21. The lowest BCUT2D eigenvalue weighted by molar-refractivity contribution is -0.125. The first kappa shape index (κ1) is 17.7. The maximum atomic E-state index is 12.1. The van der Waals surface area contributed by atoms with E-state index in [0.717, 1.165) is 12.0 Å². The smallest absolute Gasteiger partial charge is 0.224 e. The zero-order valence-corrected chi connectivity index (χ0v) is 13.6. The summed E-state index contributed by atoms with van der Waals surface area (Å²) in [6, 6.07) is 13.6. The van der Waals surface area contributed by atoms with E-state index in [1.165, 1.54) is 4.88 Å². The van der Waals surface area contributed by atoms with Crippen molar-refractivity contribution >= 4 is 29.7 Å². The highest BCUT2D eigenvalue weighted by molar-refractivity contribution is 7.09. The molecule has 3 N–H and O–H groups in total. The number of nitrogens with two attached hydrogens (primary N) is 1. The molecule has 0 bridgehead atoms. The number of benzene rings is 1. The SMILES string of the molecule is CC(C(=O)NCCc1cccs1)C(N)c1ccccc1.Cl. The van der Waals surface area contributed by atoms with Crippen molar-refractivity contribution in [2.45, 2.75) is 19.4 Å². The summed E-state index contributed by atoms with van der Waals surface area (Å²) in [4.78, 5) is 13.4. The van der Waals surface area contributed by atoms with Crippen LogP contribution in [0.1, 0.15) is 23.4 Å². The first-order chi connectivity index (χ1) is 9.68. The van der Waals surface area contributed by atoms with Crippen LogP contribution in [0.15, 0.2) is 47.8 Å². The molecule has 0 saturated heterocycles. The Morgan fingerprint density at radius 2 is 1.95 bits per heavy atom. The van der Waals surface area contributed by atoms with Crippen LogP contribution in [0.4, 0.5) is 0 Å². The van der Waals surface area contributed by atoms with Crippen molar-refractivity contribution in [3.05, 3.63) is 58.3 Å². The molecule has 0 aliphatic carbocycles. The van der Waals surface area contributed by atoms with Crippen LogP contribution in [-0.2, 0) is 11.2 Å². The highest BCUT2D eigenvalue weighted by atomic mass is 35.5. The Morgan fingerprint density at radius 3 is 2.57 bits per heavy atom. The number of carbonyl (C=O) groups excluding carboxylic acids is 1. The standard InChI is InChI=1S/C16H20N2OS.ClH/c1-12(15(17)13-6-3-2-4-7-13)16(19)18-10-9-14-8-5-11-20-14;/h2-8,11-12,15H,9-10,17H2,1H3,(H,18,19);1H. The molecule has 1 amide bonds. The summed E-state index contributed by atoms with van der Waals surface area (Å²) in [6.45, 7) is 2.53. The normalized spacial score (nSPS) is 13.0. The minimum atomic E-state index is -0.266. The molecule has 1 aromatic carbocycles. The van der Waals surface area contributed by atoms with Crippen LogP contribution in [0.3, 0.4) is 0 Å². The molecular weight excluding hydrogens is 304 g/mol. The summed E-state index contributed by atoms with van der Waals surface area (Å²) in [5.41, 5.74) is 7.14. The predicted molar refractivity (Wildman–Crippen MR) is 90.8 cm³/mol. The maximum Gasteiger partial charge on any atom is 0.224 e. The monoisotopic (exact) mass is 324 g/mol. The average Bonchev–Trinajstić information content (AvgIpc) is 2.99. The Kier molecular flexibility index (Phi) is 7.43. The Morgan fingerprint density at radius 1 is 1.24 bits per heavy atom. The van der Waals surface area contributed by atoms with Crippen molar-refractivity contribution in [2.24, 2.45) is 11.7 Å². The molecular formula is C16H21ClN2OS. The molecule has 0 aliphatic rings. The predicted octanol–water partition coefficient (Wildman–Crippen LogP) is 3.16. The molecule has 3 nitrogen and oxygen atoms in total. The lowest BCUT2D eigenvalue weighted by Gasteiger charge is -2.19. The van der Waals surface area contributed by atoms with Gasteiger partial charge in [-0.1, -0.05) is 43.3 Å². The molecule has 2 unspecified atom stereocenters. The summed E-state index contributed by atoms with van der Waals surface area (Å²) in [5.74, 6) is -0.223. The van der Waals surface area contributed by atoms with E-state index >= 15 is 0 Å². The van der Waals surface area contributed by atoms with E-state index in [9.17, 15) is 4.79 Å². The van der Waals surface area contributed by atoms with Crippen LogP contribution in [0, 0.1) is 5.92 Å². The second kappa shape index (κ2) is 8.82. The van der Waals surface area contributed by atoms with Gasteiger partial charge in [-0.2, -0.15) is 0 Å². The first-order valence-electron chi connectivity index (χ1n) is 6.79. The van der Waals surface area contributed by atoms with Gasteiger partial charge in [0.25, 0.3) is 0 Å². The van der Waals surface area contributed by atoms with Gasteiger partial charge >= 0.3 is 0 Å². The van der Waals surface area contributed by atoms with Gasteiger partial charge in [0, 0.05) is 17.5 Å². The van der Waals surface area contributed by atoms with Crippen molar-refractivity contribution < 1.29 is 4.79 Å². The van der Waals surface area contributed by atoms with Crippen LogP contribution in [0.25, 0.3) is 0 Å². The Labute approximate surface area is 136 Å². The van der Waals surface area contributed by atoms with E-state index in [0.29, 0.717) is 6.54 Å². The third kappa shape index (κ3) is 5.16. The number of nitrogens with one attached hydrogen (secondary N) is 1. The quantitative estimate of drug-likeness (QED) is 0.857. The second-order valence-corrected chi connectivity index (χ2v) is 5.88. The van der Waals surface area contributed by atoms with Gasteiger partial charge in [-0.15, -0.1) is 23.7 Å². The number of rotatable bonds is 6. The molecule has 2 aromatic rings. The van der Waals surface area contributed by atoms with Gasteiger partial charge in [-0.05, 0) is 23.4 Å². The van der Waals surface area contributed by atoms with Gasteiger partial charge < -0.3 is 11.1 Å². The molecule has 0 radical (unpaired) electrons. The molecule has 21 heavy (non-hydrogen) atoms. The van der Waals surface area contributed by atoms with Gasteiger partial charge in [0.05, 0.1) is 5.92 Å². The van der Waals surface area contributed by atoms with E-state index in [4.69, 9.17) is 5.73 Å². The number of carbonyl (C=O) groups is 1. The number of hydrogen-bond acceptors (Lipinski definition) is 3. The molecule has 0 spiro atoms. The number of halogens is 1. The van der Waals surface area contributed by atoms with Crippen LogP contribution in [0.2, 0.25) is 0 Å². The molecule has 2 atom stereocenters. The summed E-state index contributed by atoms with van der Waals surface area (Å²) in [5, 5.41) is 5.01. The Hall–Kier alpha value is -1.36. The first-order valence-corrected chi connectivity index (χ1v) is 7.67. The second-order valence-electron chi connectivity index (χ2n) is 4.85. The van der Waals surface area contributed by atoms with E-state index in [1.54, 1.807) is 11.3 Å². The summed E-state index contributed by atoms with van der Waals surface area (Å²) < 4.78 is 0. The number of amides is 1. The topological polar surface area (TPSA) is 55.1 Å². The fourth-order valence-corrected chi connectivity index (χ4v) is 2.76. The third-order valence-electron chi connectivity index (χ3n) is 3.39. The fourth-order valence-electron chi connectivity index (χ4n) is 2.05. The molecule has 1 aromatic heterocycles. The van der Waals surface area contributed by atoms with Crippen molar-refractivity contribution in [3.63, 3.8) is 0 Å². The largest absolute Gasteiger partial charge is 0.355 e. The molecule has 2 rings (SSSR count). The van der Waals surface area contributed by atoms with E-state index < -0.39 is 0 Å². The zero-order chi connectivity index (χ0) is 14.4. The van der Waals surface area contributed by atoms with Crippen molar-refractivity contribution in [2.75, 3.05) is 6.54 Å². The fraction of sp³-hybridized carbons (Fsp3) is 0.312.